The Labute approximate surface area is 191 Å². The normalized spacial score (nSPS) is 15.5. The maximum Gasteiger partial charge on any atom is 0.213 e. The van der Waals surface area contributed by atoms with Crippen molar-refractivity contribution in [2.24, 2.45) is 12.2 Å². The SMILES string of the molecule is Cn1c(C=NO)cnc1CN1CCC(c2cccc(OCc3ccc(Cl)cc3F)n2)CC1. The summed E-state index contributed by atoms with van der Waals surface area (Å²) in [7, 11) is 1.91. The van der Waals surface area contributed by atoms with Gasteiger partial charge in [0, 0.05) is 35.3 Å². The lowest BCUT2D eigenvalue weighted by atomic mass is 9.93. The molecule has 3 heterocycles. The van der Waals surface area contributed by atoms with Crippen molar-refractivity contribution in [3.05, 3.63) is 76.2 Å². The first-order valence-corrected chi connectivity index (χ1v) is 10.9. The van der Waals surface area contributed by atoms with Crippen LogP contribution in [0.3, 0.4) is 0 Å². The van der Waals surface area contributed by atoms with E-state index in [1.807, 2.05) is 23.7 Å². The molecular formula is C23H25ClFN5O2. The van der Waals surface area contributed by atoms with Crippen LogP contribution in [0, 0.1) is 5.82 Å². The Morgan fingerprint density at radius 2 is 2.09 bits per heavy atom. The number of hydrogen-bond donors (Lipinski definition) is 1. The van der Waals surface area contributed by atoms with E-state index in [0.29, 0.717) is 22.4 Å². The lowest BCUT2D eigenvalue weighted by molar-refractivity contribution is 0.196. The van der Waals surface area contributed by atoms with E-state index in [-0.39, 0.29) is 12.4 Å². The largest absolute Gasteiger partial charge is 0.473 e. The Hall–Kier alpha value is -2.97. The number of ether oxygens (including phenoxy) is 1. The molecule has 32 heavy (non-hydrogen) atoms. The Balaban J connectivity index is 1.32. The molecule has 0 saturated carbocycles. The molecule has 1 aliphatic rings. The van der Waals surface area contributed by atoms with Crippen molar-refractivity contribution in [2.45, 2.75) is 31.9 Å². The van der Waals surface area contributed by atoms with Gasteiger partial charge in [-0.05, 0) is 44.1 Å². The Morgan fingerprint density at radius 1 is 1.28 bits per heavy atom. The Bertz CT molecular complexity index is 1100. The van der Waals surface area contributed by atoms with Gasteiger partial charge in [-0.25, -0.2) is 14.4 Å². The van der Waals surface area contributed by atoms with Gasteiger partial charge in [0.15, 0.2) is 0 Å². The highest BCUT2D eigenvalue weighted by Crippen LogP contribution is 2.28. The smallest absolute Gasteiger partial charge is 0.213 e. The molecule has 0 amide bonds. The van der Waals surface area contributed by atoms with Crippen molar-refractivity contribution in [2.75, 3.05) is 13.1 Å². The Kier molecular flexibility index (Phi) is 7.02. The number of piperidine rings is 1. The predicted molar refractivity (Wildman–Crippen MR) is 120 cm³/mol. The molecule has 0 unspecified atom stereocenters. The van der Waals surface area contributed by atoms with Gasteiger partial charge in [0.2, 0.25) is 5.88 Å². The van der Waals surface area contributed by atoms with E-state index < -0.39 is 0 Å². The van der Waals surface area contributed by atoms with Crippen LogP contribution >= 0.6 is 11.6 Å². The van der Waals surface area contributed by atoms with Crippen LogP contribution in [0.15, 0.2) is 47.8 Å². The first-order chi connectivity index (χ1) is 15.5. The predicted octanol–water partition coefficient (Wildman–Crippen LogP) is 4.37. The van der Waals surface area contributed by atoms with Crippen molar-refractivity contribution < 1.29 is 14.3 Å². The molecule has 0 bridgehead atoms. The summed E-state index contributed by atoms with van der Waals surface area (Å²) in [5, 5.41) is 12.2. The van der Waals surface area contributed by atoms with E-state index >= 15 is 0 Å². The van der Waals surface area contributed by atoms with Gasteiger partial charge >= 0.3 is 0 Å². The van der Waals surface area contributed by atoms with Crippen LogP contribution in [0.2, 0.25) is 5.02 Å². The minimum Gasteiger partial charge on any atom is -0.473 e. The topological polar surface area (TPSA) is 75.8 Å². The summed E-state index contributed by atoms with van der Waals surface area (Å²) < 4.78 is 21.6. The van der Waals surface area contributed by atoms with Gasteiger partial charge < -0.3 is 14.5 Å². The number of oxime groups is 1. The van der Waals surface area contributed by atoms with E-state index in [9.17, 15) is 4.39 Å². The average Bonchev–Trinajstić information content (AvgIpc) is 3.13. The van der Waals surface area contributed by atoms with E-state index in [1.54, 1.807) is 24.4 Å². The molecule has 168 valence electrons. The van der Waals surface area contributed by atoms with Gasteiger partial charge in [-0.1, -0.05) is 28.9 Å². The van der Waals surface area contributed by atoms with Crippen LogP contribution in [-0.4, -0.2) is 43.9 Å². The second kappa shape index (κ2) is 10.1. The second-order valence-corrected chi connectivity index (χ2v) is 8.31. The summed E-state index contributed by atoms with van der Waals surface area (Å²) in [6, 6.07) is 10.3. The number of likely N-dealkylation sites (tertiary alicyclic amines) is 1. The number of hydrogen-bond acceptors (Lipinski definition) is 6. The van der Waals surface area contributed by atoms with E-state index in [1.165, 1.54) is 12.3 Å². The fourth-order valence-electron chi connectivity index (χ4n) is 3.90. The number of pyridine rings is 1. The van der Waals surface area contributed by atoms with E-state index in [0.717, 1.165) is 49.7 Å². The lowest BCUT2D eigenvalue weighted by Crippen LogP contribution is -2.33. The molecule has 0 spiro atoms. The highest BCUT2D eigenvalue weighted by Gasteiger charge is 2.23. The van der Waals surface area contributed by atoms with E-state index in [2.05, 4.69) is 20.0 Å². The third-order valence-electron chi connectivity index (χ3n) is 5.82. The lowest BCUT2D eigenvalue weighted by Gasteiger charge is -2.31. The summed E-state index contributed by atoms with van der Waals surface area (Å²) in [4.78, 5) is 11.5. The fraction of sp³-hybridized carbons (Fsp3) is 0.348. The quantitative estimate of drug-likeness (QED) is 0.324. The zero-order valence-corrected chi connectivity index (χ0v) is 18.5. The molecule has 0 radical (unpaired) electrons. The maximum absolute atomic E-state index is 14.0. The van der Waals surface area contributed by atoms with Crippen LogP contribution in [0.1, 0.15) is 41.5 Å². The number of nitrogens with zero attached hydrogens (tertiary/aromatic N) is 5. The molecule has 7 nitrogen and oxygen atoms in total. The number of rotatable bonds is 7. The van der Waals surface area contributed by atoms with Gasteiger partial charge in [-0.2, -0.15) is 0 Å². The summed E-state index contributed by atoms with van der Waals surface area (Å²) >= 11 is 5.80. The molecule has 4 rings (SSSR count). The summed E-state index contributed by atoms with van der Waals surface area (Å²) in [6.45, 7) is 2.71. The van der Waals surface area contributed by atoms with Gasteiger partial charge in [0.05, 0.1) is 24.7 Å². The van der Waals surface area contributed by atoms with Crippen molar-refractivity contribution >= 4 is 17.8 Å². The molecule has 1 aliphatic heterocycles. The highest BCUT2D eigenvalue weighted by molar-refractivity contribution is 6.30. The first kappa shape index (κ1) is 22.2. The zero-order valence-electron chi connectivity index (χ0n) is 17.8. The highest BCUT2D eigenvalue weighted by atomic mass is 35.5. The fourth-order valence-corrected chi connectivity index (χ4v) is 4.06. The van der Waals surface area contributed by atoms with Gasteiger partial charge in [-0.15, -0.1) is 0 Å². The Morgan fingerprint density at radius 3 is 2.84 bits per heavy atom. The molecule has 1 saturated heterocycles. The van der Waals surface area contributed by atoms with E-state index in [4.69, 9.17) is 21.5 Å². The van der Waals surface area contributed by atoms with Crippen molar-refractivity contribution in [3.8, 4) is 5.88 Å². The molecule has 3 aromatic rings. The third-order valence-corrected chi connectivity index (χ3v) is 6.05. The summed E-state index contributed by atoms with van der Waals surface area (Å²) in [5.74, 6) is 1.39. The van der Waals surface area contributed by atoms with Gasteiger partial charge in [0.25, 0.3) is 0 Å². The number of aromatic nitrogens is 3. The summed E-state index contributed by atoms with van der Waals surface area (Å²) in [6.07, 6.45) is 5.05. The maximum atomic E-state index is 14.0. The molecule has 1 aromatic carbocycles. The van der Waals surface area contributed by atoms with Gasteiger partial charge in [-0.3, -0.25) is 4.90 Å². The molecular weight excluding hydrogens is 433 g/mol. The average molecular weight is 458 g/mol. The van der Waals surface area contributed by atoms with Gasteiger partial charge in [0.1, 0.15) is 18.2 Å². The molecule has 2 aromatic heterocycles. The number of benzene rings is 1. The third kappa shape index (κ3) is 5.26. The van der Waals surface area contributed by atoms with Crippen LogP contribution in [0.25, 0.3) is 0 Å². The number of halogens is 2. The molecule has 0 atom stereocenters. The molecule has 1 N–H and O–H groups in total. The standard InChI is InChI=1S/C23H25ClFN5O2/c1-29-19(13-27-31)12-26-22(29)14-30-9-7-16(8-10-30)21-3-2-4-23(28-21)32-15-17-5-6-18(24)11-20(17)25/h2-6,11-13,16,31H,7-10,14-15H2,1H3. The second-order valence-electron chi connectivity index (χ2n) is 7.88. The number of imidazole rings is 1. The van der Waals surface area contributed by atoms with Crippen molar-refractivity contribution in [3.63, 3.8) is 0 Å². The molecule has 1 fully saturated rings. The van der Waals surface area contributed by atoms with Crippen LogP contribution in [0.4, 0.5) is 4.39 Å². The minimum atomic E-state index is -0.385. The van der Waals surface area contributed by atoms with Crippen molar-refractivity contribution in [1.29, 1.82) is 0 Å². The van der Waals surface area contributed by atoms with Crippen LogP contribution < -0.4 is 4.74 Å². The summed E-state index contributed by atoms with van der Waals surface area (Å²) in [5.41, 5.74) is 2.20. The monoisotopic (exact) mass is 457 g/mol. The molecule has 9 heteroatoms. The first-order valence-electron chi connectivity index (χ1n) is 10.5. The minimum absolute atomic E-state index is 0.102. The van der Waals surface area contributed by atoms with Crippen LogP contribution in [0.5, 0.6) is 5.88 Å². The molecule has 0 aliphatic carbocycles. The van der Waals surface area contributed by atoms with Crippen molar-refractivity contribution in [1.82, 2.24) is 19.4 Å². The zero-order chi connectivity index (χ0) is 22.5. The van der Waals surface area contributed by atoms with Crippen LogP contribution in [-0.2, 0) is 20.2 Å².